The number of carbonyl (C=O) groups is 1. The molecule has 1 aliphatic heterocycles. The number of hydrogen-bond acceptors (Lipinski definition) is 4. The number of nitrogens with two attached hydrogens (primary N) is 1. The molecule has 1 amide bonds. The number of carbonyl (C=O) groups excluding carboxylic acids is 1. The maximum absolute atomic E-state index is 11.3. The predicted molar refractivity (Wildman–Crippen MR) is 54.1 cm³/mol. The van der Waals surface area contributed by atoms with Crippen molar-refractivity contribution in [1.29, 1.82) is 0 Å². The van der Waals surface area contributed by atoms with Gasteiger partial charge in [-0.1, -0.05) is 0 Å². The molecule has 1 rings (SSSR count). The molecule has 0 spiro atoms. The molecule has 1 fully saturated rings. The van der Waals surface area contributed by atoms with Crippen molar-refractivity contribution in [3.05, 3.63) is 0 Å². The Labute approximate surface area is 84.8 Å². The Morgan fingerprint density at radius 1 is 1.64 bits per heavy atom. The van der Waals surface area contributed by atoms with E-state index in [9.17, 15) is 4.79 Å². The van der Waals surface area contributed by atoms with Gasteiger partial charge in [0.15, 0.2) is 0 Å². The van der Waals surface area contributed by atoms with Gasteiger partial charge in [0, 0.05) is 13.1 Å². The molecule has 0 aromatic heterocycles. The van der Waals surface area contributed by atoms with E-state index in [2.05, 4.69) is 4.90 Å². The molecule has 1 atom stereocenters. The zero-order valence-corrected chi connectivity index (χ0v) is 8.90. The zero-order chi connectivity index (χ0) is 10.6. The topological polar surface area (TPSA) is 58.8 Å². The lowest BCUT2D eigenvalue weighted by atomic mass is 10.3. The molecule has 1 saturated heterocycles. The molecule has 5 nitrogen and oxygen atoms in total. The molecule has 0 aliphatic carbocycles. The maximum Gasteiger partial charge on any atom is 0.410 e. The van der Waals surface area contributed by atoms with Crippen LogP contribution in [0.15, 0.2) is 0 Å². The minimum atomic E-state index is -0.223. The summed E-state index contributed by atoms with van der Waals surface area (Å²) < 4.78 is 5.03. The summed E-state index contributed by atoms with van der Waals surface area (Å²) in [5.74, 6) is 0. The number of nitrogens with zero attached hydrogens (tertiary/aromatic N) is 2. The number of cyclic esters (lactones) is 1. The Kier molecular flexibility index (Phi) is 4.16. The Bertz CT molecular complexity index is 196. The quantitative estimate of drug-likeness (QED) is 0.664. The highest BCUT2D eigenvalue weighted by atomic mass is 16.6. The second-order valence-corrected chi connectivity index (χ2v) is 3.84. The predicted octanol–water partition coefficient (Wildman–Crippen LogP) is -0.282. The van der Waals surface area contributed by atoms with E-state index < -0.39 is 0 Å². The van der Waals surface area contributed by atoms with E-state index >= 15 is 0 Å². The summed E-state index contributed by atoms with van der Waals surface area (Å²) in [6.07, 6.45) is 0.639. The van der Waals surface area contributed by atoms with Crippen LogP contribution in [0.25, 0.3) is 0 Å². The standard InChI is InChI=1S/C9H19N3O2/c1-11(2)4-3-5-12-7-8(6-10)14-9(12)13/h8H,3-7,10H2,1-2H3. The van der Waals surface area contributed by atoms with Crippen LogP contribution in [0.2, 0.25) is 0 Å². The fraction of sp³-hybridized carbons (Fsp3) is 0.889. The summed E-state index contributed by atoms with van der Waals surface area (Å²) in [7, 11) is 4.04. The molecule has 82 valence electrons. The van der Waals surface area contributed by atoms with Gasteiger partial charge in [0.05, 0.1) is 6.54 Å². The molecular formula is C9H19N3O2. The summed E-state index contributed by atoms with van der Waals surface area (Å²) >= 11 is 0. The van der Waals surface area contributed by atoms with Gasteiger partial charge in [-0.25, -0.2) is 4.79 Å². The van der Waals surface area contributed by atoms with Gasteiger partial charge in [0.2, 0.25) is 0 Å². The van der Waals surface area contributed by atoms with Crippen LogP contribution in [0, 0.1) is 0 Å². The van der Waals surface area contributed by atoms with Crippen molar-refractivity contribution in [2.45, 2.75) is 12.5 Å². The van der Waals surface area contributed by atoms with E-state index in [4.69, 9.17) is 10.5 Å². The molecule has 14 heavy (non-hydrogen) atoms. The van der Waals surface area contributed by atoms with Crippen molar-refractivity contribution >= 4 is 6.09 Å². The van der Waals surface area contributed by atoms with Crippen LogP contribution in [-0.4, -0.2) is 62.3 Å². The van der Waals surface area contributed by atoms with E-state index in [0.29, 0.717) is 13.1 Å². The average molecular weight is 201 g/mol. The normalized spacial score (nSPS) is 21.9. The lowest BCUT2D eigenvalue weighted by Gasteiger charge is -2.14. The van der Waals surface area contributed by atoms with Gasteiger partial charge >= 0.3 is 6.09 Å². The van der Waals surface area contributed by atoms with Gasteiger partial charge in [0.1, 0.15) is 6.10 Å². The highest BCUT2D eigenvalue weighted by Crippen LogP contribution is 2.10. The van der Waals surface area contributed by atoms with Crippen molar-refractivity contribution < 1.29 is 9.53 Å². The lowest BCUT2D eigenvalue weighted by molar-refractivity contribution is 0.134. The lowest BCUT2D eigenvalue weighted by Crippen LogP contribution is -2.30. The van der Waals surface area contributed by atoms with Crippen molar-refractivity contribution in [2.24, 2.45) is 5.73 Å². The molecule has 0 aromatic rings. The maximum atomic E-state index is 11.3. The first kappa shape index (κ1) is 11.3. The Balaban J connectivity index is 2.21. The van der Waals surface area contributed by atoms with Gasteiger partial charge < -0.3 is 20.3 Å². The van der Waals surface area contributed by atoms with Gasteiger partial charge in [-0.15, -0.1) is 0 Å². The van der Waals surface area contributed by atoms with Gasteiger partial charge in [-0.05, 0) is 27.1 Å². The fourth-order valence-corrected chi connectivity index (χ4v) is 1.46. The molecule has 1 aliphatic rings. The number of amides is 1. The summed E-state index contributed by atoms with van der Waals surface area (Å²) in [5.41, 5.74) is 5.42. The van der Waals surface area contributed by atoms with Crippen LogP contribution < -0.4 is 5.73 Å². The second-order valence-electron chi connectivity index (χ2n) is 3.84. The number of rotatable bonds is 5. The first-order valence-electron chi connectivity index (χ1n) is 4.94. The molecule has 0 saturated carbocycles. The summed E-state index contributed by atoms with van der Waals surface area (Å²) in [4.78, 5) is 15.1. The molecule has 2 N–H and O–H groups in total. The number of hydrogen-bond donors (Lipinski definition) is 1. The van der Waals surface area contributed by atoms with Crippen LogP contribution >= 0.6 is 0 Å². The van der Waals surface area contributed by atoms with Crippen LogP contribution in [0.4, 0.5) is 4.79 Å². The van der Waals surface area contributed by atoms with E-state index in [0.717, 1.165) is 19.5 Å². The van der Waals surface area contributed by atoms with E-state index in [1.54, 1.807) is 4.90 Å². The van der Waals surface area contributed by atoms with Crippen molar-refractivity contribution in [2.75, 3.05) is 40.3 Å². The molecule has 1 heterocycles. The van der Waals surface area contributed by atoms with Crippen LogP contribution in [0.1, 0.15) is 6.42 Å². The summed E-state index contributed by atoms with van der Waals surface area (Å²) in [6, 6.07) is 0. The average Bonchev–Trinajstić information content (AvgIpc) is 2.47. The third kappa shape index (κ3) is 3.16. The highest BCUT2D eigenvalue weighted by molar-refractivity contribution is 5.69. The molecule has 0 aromatic carbocycles. The minimum Gasteiger partial charge on any atom is -0.443 e. The van der Waals surface area contributed by atoms with Crippen molar-refractivity contribution in [3.8, 4) is 0 Å². The Hall–Kier alpha value is -0.810. The third-order valence-electron chi connectivity index (χ3n) is 2.25. The molecular weight excluding hydrogens is 182 g/mol. The highest BCUT2D eigenvalue weighted by Gasteiger charge is 2.29. The molecule has 1 unspecified atom stereocenters. The molecule has 0 radical (unpaired) electrons. The minimum absolute atomic E-state index is 0.109. The van der Waals surface area contributed by atoms with Crippen molar-refractivity contribution in [1.82, 2.24) is 9.80 Å². The Morgan fingerprint density at radius 2 is 2.36 bits per heavy atom. The zero-order valence-electron chi connectivity index (χ0n) is 8.90. The summed E-state index contributed by atoms with van der Waals surface area (Å²) in [5, 5.41) is 0. The monoisotopic (exact) mass is 201 g/mol. The smallest absolute Gasteiger partial charge is 0.410 e. The fourth-order valence-electron chi connectivity index (χ4n) is 1.46. The molecule has 5 heteroatoms. The largest absolute Gasteiger partial charge is 0.443 e. The van der Waals surface area contributed by atoms with Gasteiger partial charge in [-0.3, -0.25) is 0 Å². The van der Waals surface area contributed by atoms with Crippen LogP contribution in [0.5, 0.6) is 0 Å². The van der Waals surface area contributed by atoms with Gasteiger partial charge in [0.25, 0.3) is 0 Å². The summed E-state index contributed by atoms with van der Waals surface area (Å²) in [6.45, 7) is 2.79. The van der Waals surface area contributed by atoms with Gasteiger partial charge in [-0.2, -0.15) is 0 Å². The van der Waals surface area contributed by atoms with E-state index in [1.807, 2.05) is 14.1 Å². The first-order valence-corrected chi connectivity index (χ1v) is 4.94. The first-order chi connectivity index (χ1) is 6.63. The molecule has 0 bridgehead atoms. The van der Waals surface area contributed by atoms with Crippen molar-refractivity contribution in [3.63, 3.8) is 0 Å². The number of ether oxygens (including phenoxy) is 1. The van der Waals surface area contributed by atoms with Crippen LogP contribution in [-0.2, 0) is 4.74 Å². The Morgan fingerprint density at radius 3 is 2.86 bits per heavy atom. The van der Waals surface area contributed by atoms with E-state index in [-0.39, 0.29) is 12.2 Å². The van der Waals surface area contributed by atoms with E-state index in [1.165, 1.54) is 0 Å². The van der Waals surface area contributed by atoms with Crippen LogP contribution in [0.3, 0.4) is 0 Å². The second kappa shape index (κ2) is 5.17. The third-order valence-corrected chi connectivity index (χ3v) is 2.25. The SMILES string of the molecule is CN(C)CCCN1CC(CN)OC1=O.